The molecule has 0 aliphatic heterocycles. The fourth-order valence-electron chi connectivity index (χ4n) is 3.40. The molecular weight excluding hydrogens is 228 g/mol. The summed E-state index contributed by atoms with van der Waals surface area (Å²) in [6.45, 7) is 12.1. The van der Waals surface area contributed by atoms with Gasteiger partial charge in [-0.2, -0.15) is 0 Å². The Balaban J connectivity index is 2.92. The van der Waals surface area contributed by atoms with Gasteiger partial charge in [-0.25, -0.2) is 0 Å². The van der Waals surface area contributed by atoms with E-state index in [2.05, 4.69) is 40.7 Å². The normalized spacial score (nSPS) is 25.3. The van der Waals surface area contributed by atoms with Gasteiger partial charge in [0, 0.05) is 5.03 Å². The third-order valence-corrected chi connectivity index (χ3v) is 5.80. The van der Waals surface area contributed by atoms with E-state index in [1.54, 1.807) is 0 Å². The zero-order valence-electron chi connectivity index (χ0n) is 12.3. The summed E-state index contributed by atoms with van der Waals surface area (Å²) in [4.78, 5) is 0. The second-order valence-corrected chi connectivity index (χ2v) is 7.01. The fraction of sp³-hybridized carbons (Fsp3) is 0.875. The molecule has 1 unspecified atom stereocenters. The molecule has 1 aliphatic rings. The highest BCUT2D eigenvalue weighted by Gasteiger charge is 2.44. The van der Waals surface area contributed by atoms with E-state index in [4.69, 9.17) is 11.6 Å². The molecule has 0 aromatic heterocycles. The van der Waals surface area contributed by atoms with E-state index in [1.165, 1.54) is 32.1 Å². The van der Waals surface area contributed by atoms with Crippen molar-refractivity contribution in [1.82, 2.24) is 0 Å². The van der Waals surface area contributed by atoms with Crippen LogP contribution in [0.15, 0.2) is 11.1 Å². The molecule has 0 N–H and O–H groups in total. The minimum Gasteiger partial charge on any atom is -0.0895 e. The molecule has 0 spiro atoms. The minimum atomic E-state index is 0.422. The van der Waals surface area contributed by atoms with Crippen molar-refractivity contribution in [2.75, 3.05) is 0 Å². The van der Waals surface area contributed by atoms with Gasteiger partial charge in [-0.05, 0) is 42.4 Å². The van der Waals surface area contributed by atoms with Gasteiger partial charge in [0.05, 0.1) is 0 Å². The number of halogens is 1. The minimum absolute atomic E-state index is 0.422. The first-order valence-corrected chi connectivity index (χ1v) is 7.59. The molecule has 1 heteroatoms. The van der Waals surface area contributed by atoms with E-state index in [1.807, 2.05) is 0 Å². The van der Waals surface area contributed by atoms with Crippen LogP contribution in [-0.4, -0.2) is 0 Å². The predicted octanol–water partition coefficient (Wildman–Crippen LogP) is 6.15. The van der Waals surface area contributed by atoms with Gasteiger partial charge < -0.3 is 0 Å². The van der Waals surface area contributed by atoms with Crippen LogP contribution < -0.4 is 0 Å². The molecule has 2 atom stereocenters. The highest BCUT2D eigenvalue weighted by molar-refractivity contribution is 6.29. The summed E-state index contributed by atoms with van der Waals surface area (Å²) in [6.07, 6.45) is 9.68. The Bertz CT molecular complexity index is 277. The molecule has 1 aliphatic carbocycles. The van der Waals surface area contributed by atoms with Gasteiger partial charge in [-0.3, -0.25) is 0 Å². The first kappa shape index (κ1) is 15.1. The van der Waals surface area contributed by atoms with Crippen LogP contribution in [-0.2, 0) is 0 Å². The van der Waals surface area contributed by atoms with Crippen LogP contribution in [0.25, 0.3) is 0 Å². The number of rotatable bonds is 5. The molecule has 0 fully saturated rings. The standard InChI is InChI=1S/C16H29Cl/c1-6-12-16(5,15(3,4)7-2)13-8-10-14(17)11-9-13/h10,13H,6-9,11-12H2,1-5H3/t13?,16-/m0/s1. The first-order chi connectivity index (χ1) is 7.87. The Hall–Kier alpha value is 0.0300. The molecule has 0 radical (unpaired) electrons. The lowest BCUT2D eigenvalue weighted by atomic mass is 9.55. The maximum atomic E-state index is 6.12. The summed E-state index contributed by atoms with van der Waals surface area (Å²) in [5.74, 6) is 0.805. The largest absolute Gasteiger partial charge is 0.0895 e. The number of hydrogen-bond donors (Lipinski definition) is 0. The van der Waals surface area contributed by atoms with Crippen molar-refractivity contribution in [3.63, 3.8) is 0 Å². The van der Waals surface area contributed by atoms with Gasteiger partial charge in [0.25, 0.3) is 0 Å². The number of hydrogen-bond acceptors (Lipinski definition) is 0. The van der Waals surface area contributed by atoms with Crippen LogP contribution in [0.2, 0.25) is 0 Å². The summed E-state index contributed by atoms with van der Waals surface area (Å²) in [6, 6.07) is 0. The van der Waals surface area contributed by atoms with Crippen LogP contribution in [0.4, 0.5) is 0 Å². The average Bonchev–Trinajstić information content (AvgIpc) is 2.29. The molecule has 17 heavy (non-hydrogen) atoms. The van der Waals surface area contributed by atoms with Gasteiger partial charge in [0.1, 0.15) is 0 Å². The SMILES string of the molecule is CCC[C@@](C)(C1CC=C(Cl)CC1)C(C)(C)CC. The maximum Gasteiger partial charge on any atom is 0.0141 e. The van der Waals surface area contributed by atoms with E-state index in [0.29, 0.717) is 10.8 Å². The molecule has 0 saturated heterocycles. The molecule has 0 amide bonds. The Morgan fingerprint density at radius 1 is 1.29 bits per heavy atom. The lowest BCUT2D eigenvalue weighted by molar-refractivity contribution is 0.00159. The van der Waals surface area contributed by atoms with Gasteiger partial charge in [-0.1, -0.05) is 65.1 Å². The third-order valence-electron chi connectivity index (χ3n) is 5.46. The van der Waals surface area contributed by atoms with E-state index >= 15 is 0 Å². The second kappa shape index (κ2) is 5.78. The highest BCUT2D eigenvalue weighted by Crippen LogP contribution is 2.54. The molecule has 0 nitrogen and oxygen atoms in total. The van der Waals surface area contributed by atoms with E-state index < -0.39 is 0 Å². The van der Waals surface area contributed by atoms with Crippen molar-refractivity contribution >= 4 is 11.6 Å². The Labute approximate surface area is 113 Å². The van der Waals surface area contributed by atoms with Crippen LogP contribution in [0.3, 0.4) is 0 Å². The van der Waals surface area contributed by atoms with Crippen molar-refractivity contribution in [3.8, 4) is 0 Å². The molecule has 100 valence electrons. The first-order valence-electron chi connectivity index (χ1n) is 7.22. The lowest BCUT2D eigenvalue weighted by Gasteiger charge is -2.50. The molecule has 0 bridgehead atoms. The molecule has 0 saturated carbocycles. The quantitative estimate of drug-likeness (QED) is 0.553. The Morgan fingerprint density at radius 2 is 1.94 bits per heavy atom. The van der Waals surface area contributed by atoms with Crippen LogP contribution in [0.5, 0.6) is 0 Å². The summed E-state index contributed by atoms with van der Waals surface area (Å²) >= 11 is 6.12. The number of allylic oxidation sites excluding steroid dienone is 2. The third kappa shape index (κ3) is 3.08. The molecule has 0 aromatic rings. The molecule has 1 rings (SSSR count). The van der Waals surface area contributed by atoms with Crippen molar-refractivity contribution < 1.29 is 0 Å². The van der Waals surface area contributed by atoms with E-state index in [9.17, 15) is 0 Å². The van der Waals surface area contributed by atoms with Crippen molar-refractivity contribution in [2.45, 2.75) is 73.1 Å². The monoisotopic (exact) mass is 256 g/mol. The van der Waals surface area contributed by atoms with Crippen molar-refractivity contribution in [3.05, 3.63) is 11.1 Å². The van der Waals surface area contributed by atoms with Crippen LogP contribution in [0, 0.1) is 16.7 Å². The van der Waals surface area contributed by atoms with E-state index in [-0.39, 0.29) is 0 Å². The second-order valence-electron chi connectivity index (χ2n) is 6.53. The van der Waals surface area contributed by atoms with Gasteiger partial charge in [-0.15, -0.1) is 0 Å². The molecular formula is C16H29Cl. The maximum absolute atomic E-state index is 6.12. The predicted molar refractivity (Wildman–Crippen MR) is 78.4 cm³/mol. The highest BCUT2D eigenvalue weighted by atomic mass is 35.5. The summed E-state index contributed by atoms with van der Waals surface area (Å²) in [5, 5.41) is 1.08. The van der Waals surface area contributed by atoms with Crippen LogP contribution >= 0.6 is 11.6 Å². The zero-order chi connectivity index (χ0) is 13.1. The van der Waals surface area contributed by atoms with Crippen molar-refractivity contribution in [2.24, 2.45) is 16.7 Å². The topological polar surface area (TPSA) is 0 Å². The fourth-order valence-corrected chi connectivity index (χ4v) is 3.60. The molecule has 0 aromatic carbocycles. The zero-order valence-corrected chi connectivity index (χ0v) is 13.0. The van der Waals surface area contributed by atoms with Crippen molar-refractivity contribution in [1.29, 1.82) is 0 Å². The van der Waals surface area contributed by atoms with Gasteiger partial charge in [0.15, 0.2) is 0 Å². The lowest BCUT2D eigenvalue weighted by Crippen LogP contribution is -2.41. The van der Waals surface area contributed by atoms with E-state index in [0.717, 1.165) is 17.4 Å². The molecule has 0 heterocycles. The summed E-state index contributed by atoms with van der Waals surface area (Å²) < 4.78 is 0. The smallest absolute Gasteiger partial charge is 0.0141 e. The summed E-state index contributed by atoms with van der Waals surface area (Å²) in [5.41, 5.74) is 0.871. The van der Waals surface area contributed by atoms with Gasteiger partial charge in [0.2, 0.25) is 0 Å². The van der Waals surface area contributed by atoms with Crippen LogP contribution in [0.1, 0.15) is 73.1 Å². The van der Waals surface area contributed by atoms with Gasteiger partial charge >= 0.3 is 0 Å². The Morgan fingerprint density at radius 3 is 2.35 bits per heavy atom. The average molecular weight is 257 g/mol. The summed E-state index contributed by atoms with van der Waals surface area (Å²) in [7, 11) is 0. The Kier molecular flexibility index (Phi) is 5.13.